The van der Waals surface area contributed by atoms with E-state index in [0.29, 0.717) is 15.6 Å². The average molecular weight is 653 g/mol. The van der Waals surface area contributed by atoms with E-state index < -0.39 is 28.5 Å². The smallest absolute Gasteiger partial charge is 0.264 e. The van der Waals surface area contributed by atoms with Gasteiger partial charge >= 0.3 is 0 Å². The summed E-state index contributed by atoms with van der Waals surface area (Å²) < 4.78 is 29.2. The van der Waals surface area contributed by atoms with E-state index in [1.54, 1.807) is 48.5 Å². The van der Waals surface area contributed by atoms with Gasteiger partial charge in [-0.05, 0) is 74.4 Å². The van der Waals surface area contributed by atoms with Gasteiger partial charge in [0.15, 0.2) is 0 Å². The van der Waals surface area contributed by atoms with Crippen molar-refractivity contribution in [1.29, 1.82) is 0 Å². The van der Waals surface area contributed by atoms with Crippen molar-refractivity contribution in [3.05, 3.63) is 130 Å². The first-order valence-corrected chi connectivity index (χ1v) is 16.4. The summed E-state index contributed by atoms with van der Waals surface area (Å²) >= 11 is 12.6. The molecule has 0 aliphatic carbocycles. The molecule has 0 saturated heterocycles. The Hall–Kier alpha value is -3.85. The van der Waals surface area contributed by atoms with Crippen LogP contribution in [0.25, 0.3) is 0 Å². The number of rotatable bonds is 12. The molecule has 1 N–H and O–H groups in total. The highest BCUT2D eigenvalue weighted by Crippen LogP contribution is 2.27. The highest BCUT2D eigenvalue weighted by atomic mass is 35.5. The second kappa shape index (κ2) is 14.8. The lowest BCUT2D eigenvalue weighted by Gasteiger charge is -2.34. The zero-order valence-electron chi connectivity index (χ0n) is 24.8. The van der Waals surface area contributed by atoms with Crippen LogP contribution in [0.5, 0.6) is 0 Å². The van der Waals surface area contributed by atoms with Crippen LogP contribution in [-0.4, -0.2) is 43.8 Å². The summed E-state index contributed by atoms with van der Waals surface area (Å²) in [4.78, 5) is 29.6. The quantitative estimate of drug-likeness (QED) is 0.186. The Bertz CT molecular complexity index is 1700. The molecule has 4 aromatic carbocycles. The first kappa shape index (κ1) is 33.1. The molecule has 4 rings (SSSR count). The number of carbonyl (C=O) groups is 2. The second-order valence-corrected chi connectivity index (χ2v) is 13.6. The molecule has 1 atom stereocenters. The predicted octanol–water partition coefficient (Wildman–Crippen LogP) is 6.66. The van der Waals surface area contributed by atoms with E-state index in [4.69, 9.17) is 23.2 Å². The van der Waals surface area contributed by atoms with Gasteiger partial charge in [0.2, 0.25) is 11.8 Å². The SMILES string of the molecule is Cc1ccc(S(=O)(=O)N(CC(=O)N(Cc2cccc(Cl)c2)[C@@H](Cc2ccccc2)C(=O)NC(C)C)c2cccc(Cl)c2)cc1. The standard InChI is InChI=1S/C34H35Cl2N3O4S/c1-24(2)37-34(41)32(20-26-9-5-4-6-10-26)38(22-27-11-7-12-28(35)19-27)33(40)23-39(30-14-8-13-29(36)21-30)44(42,43)31-17-15-25(3)16-18-31/h4-19,21,24,32H,20,22-23H2,1-3H3,(H,37,41)/t32-/m0/s1. The van der Waals surface area contributed by atoms with E-state index in [-0.39, 0.29) is 35.5 Å². The maximum atomic E-state index is 14.4. The first-order chi connectivity index (χ1) is 20.9. The molecule has 0 saturated carbocycles. The molecule has 0 fully saturated rings. The number of carbonyl (C=O) groups excluding carboxylic acids is 2. The Morgan fingerprint density at radius 1 is 0.795 bits per heavy atom. The lowest BCUT2D eigenvalue weighted by molar-refractivity contribution is -0.140. The van der Waals surface area contributed by atoms with Crippen molar-refractivity contribution in [3.8, 4) is 0 Å². The summed E-state index contributed by atoms with van der Waals surface area (Å²) in [5.41, 5.74) is 2.65. The molecule has 7 nitrogen and oxygen atoms in total. The third-order valence-corrected chi connectivity index (χ3v) is 9.19. The molecule has 230 valence electrons. The number of halogens is 2. The fourth-order valence-corrected chi connectivity index (χ4v) is 6.57. The fraction of sp³-hybridized carbons (Fsp3) is 0.235. The summed E-state index contributed by atoms with van der Waals surface area (Å²) in [5.74, 6) is -0.921. The van der Waals surface area contributed by atoms with Gasteiger partial charge in [-0.3, -0.25) is 13.9 Å². The van der Waals surface area contributed by atoms with Crippen LogP contribution in [0.3, 0.4) is 0 Å². The zero-order valence-corrected chi connectivity index (χ0v) is 27.1. The molecule has 0 radical (unpaired) electrons. The van der Waals surface area contributed by atoms with E-state index >= 15 is 0 Å². The first-order valence-electron chi connectivity index (χ1n) is 14.2. The zero-order chi connectivity index (χ0) is 31.9. The van der Waals surface area contributed by atoms with Gasteiger partial charge in [-0.1, -0.05) is 89.4 Å². The minimum Gasteiger partial charge on any atom is -0.352 e. The van der Waals surface area contributed by atoms with Gasteiger partial charge in [0.05, 0.1) is 10.6 Å². The fourth-order valence-electron chi connectivity index (χ4n) is 4.76. The Morgan fingerprint density at radius 2 is 1.41 bits per heavy atom. The van der Waals surface area contributed by atoms with Crippen molar-refractivity contribution in [2.45, 2.75) is 50.7 Å². The summed E-state index contributed by atoms with van der Waals surface area (Å²) in [6, 6.07) is 28.0. The van der Waals surface area contributed by atoms with Gasteiger partial charge in [-0.2, -0.15) is 0 Å². The van der Waals surface area contributed by atoms with Crippen molar-refractivity contribution in [2.75, 3.05) is 10.8 Å². The number of nitrogens with zero attached hydrogens (tertiary/aromatic N) is 2. The van der Waals surface area contributed by atoms with E-state index in [1.807, 2.05) is 57.2 Å². The molecule has 0 aliphatic heterocycles. The molecule has 0 aromatic heterocycles. The Labute approximate surface area is 269 Å². The molecule has 0 bridgehead atoms. The molecule has 0 spiro atoms. The predicted molar refractivity (Wildman–Crippen MR) is 176 cm³/mol. The van der Waals surface area contributed by atoms with E-state index in [2.05, 4.69) is 5.32 Å². The van der Waals surface area contributed by atoms with E-state index in [1.165, 1.54) is 23.1 Å². The second-order valence-electron chi connectivity index (χ2n) is 10.8. The molecule has 44 heavy (non-hydrogen) atoms. The number of sulfonamides is 1. The van der Waals surface area contributed by atoms with Gasteiger partial charge in [0.1, 0.15) is 12.6 Å². The highest BCUT2D eigenvalue weighted by Gasteiger charge is 2.35. The number of amides is 2. The number of hydrogen-bond donors (Lipinski definition) is 1. The van der Waals surface area contributed by atoms with Crippen molar-refractivity contribution < 1.29 is 18.0 Å². The number of anilines is 1. The van der Waals surface area contributed by atoms with Crippen LogP contribution in [-0.2, 0) is 32.6 Å². The molecule has 10 heteroatoms. The summed E-state index contributed by atoms with van der Waals surface area (Å²) in [7, 11) is -4.21. The van der Waals surface area contributed by atoms with Crippen molar-refractivity contribution in [2.24, 2.45) is 0 Å². The van der Waals surface area contributed by atoms with E-state index in [0.717, 1.165) is 15.4 Å². The molecule has 0 unspecified atom stereocenters. The van der Waals surface area contributed by atoms with Crippen LogP contribution in [0.15, 0.2) is 108 Å². The van der Waals surface area contributed by atoms with Gasteiger partial charge in [-0.15, -0.1) is 0 Å². The monoisotopic (exact) mass is 651 g/mol. The Kier molecular flexibility index (Phi) is 11.1. The van der Waals surface area contributed by atoms with Gasteiger partial charge < -0.3 is 10.2 Å². The summed E-state index contributed by atoms with van der Waals surface area (Å²) in [6.07, 6.45) is 0.216. The minimum absolute atomic E-state index is 0.0238. The number of benzene rings is 4. The number of hydrogen-bond acceptors (Lipinski definition) is 4. The third kappa shape index (κ3) is 8.62. The van der Waals surface area contributed by atoms with Crippen LogP contribution >= 0.6 is 23.2 Å². The largest absolute Gasteiger partial charge is 0.352 e. The molecular weight excluding hydrogens is 617 g/mol. The number of aryl methyl sites for hydroxylation is 1. The molecule has 4 aromatic rings. The molecular formula is C34H35Cl2N3O4S. The van der Waals surface area contributed by atoms with Crippen LogP contribution in [0.1, 0.15) is 30.5 Å². The van der Waals surface area contributed by atoms with Gasteiger partial charge in [0.25, 0.3) is 10.0 Å². The average Bonchev–Trinajstić information content (AvgIpc) is 2.98. The van der Waals surface area contributed by atoms with Crippen LogP contribution < -0.4 is 9.62 Å². The van der Waals surface area contributed by atoms with Crippen molar-refractivity contribution in [1.82, 2.24) is 10.2 Å². The summed E-state index contributed by atoms with van der Waals surface area (Å²) in [5, 5.41) is 3.73. The lowest BCUT2D eigenvalue weighted by atomic mass is 10.0. The van der Waals surface area contributed by atoms with Crippen molar-refractivity contribution >= 4 is 50.7 Å². The van der Waals surface area contributed by atoms with Gasteiger partial charge in [0, 0.05) is 29.1 Å². The Morgan fingerprint density at radius 3 is 2.02 bits per heavy atom. The maximum absolute atomic E-state index is 14.4. The van der Waals surface area contributed by atoms with Crippen LogP contribution in [0.2, 0.25) is 10.0 Å². The molecule has 2 amide bonds. The minimum atomic E-state index is -4.21. The molecule has 0 aliphatic rings. The Balaban J connectivity index is 1.81. The van der Waals surface area contributed by atoms with Gasteiger partial charge in [-0.25, -0.2) is 8.42 Å². The lowest BCUT2D eigenvalue weighted by Crippen LogP contribution is -2.54. The highest BCUT2D eigenvalue weighted by molar-refractivity contribution is 7.92. The van der Waals surface area contributed by atoms with Crippen molar-refractivity contribution in [3.63, 3.8) is 0 Å². The topological polar surface area (TPSA) is 86.8 Å². The maximum Gasteiger partial charge on any atom is 0.264 e. The summed E-state index contributed by atoms with van der Waals surface area (Å²) in [6.45, 7) is 5.00. The molecule has 0 heterocycles. The van der Waals surface area contributed by atoms with Crippen LogP contribution in [0, 0.1) is 6.92 Å². The van der Waals surface area contributed by atoms with E-state index in [9.17, 15) is 18.0 Å². The normalized spacial score (nSPS) is 12.0. The number of nitrogens with one attached hydrogen (secondary N) is 1. The van der Waals surface area contributed by atoms with Crippen LogP contribution in [0.4, 0.5) is 5.69 Å². The third-order valence-electron chi connectivity index (χ3n) is 6.93.